The van der Waals surface area contributed by atoms with Gasteiger partial charge in [-0.15, -0.1) is 0 Å². The Kier molecular flexibility index (Phi) is 3.98. The number of ether oxygens (including phenoxy) is 1. The van der Waals surface area contributed by atoms with Crippen LogP contribution in [0.15, 0.2) is 24.3 Å². The summed E-state index contributed by atoms with van der Waals surface area (Å²) < 4.78 is 5.77. The number of para-hydroxylation sites is 1. The van der Waals surface area contributed by atoms with Crippen LogP contribution in [0.25, 0.3) is 0 Å². The Morgan fingerprint density at radius 3 is 3.00 bits per heavy atom. The maximum absolute atomic E-state index is 11.1. The first-order valence-corrected chi connectivity index (χ1v) is 5.94. The fourth-order valence-corrected chi connectivity index (χ4v) is 1.97. The van der Waals surface area contributed by atoms with Gasteiger partial charge in [0.2, 0.25) is 5.91 Å². The van der Waals surface area contributed by atoms with Crippen LogP contribution in [0, 0.1) is 0 Å². The minimum Gasteiger partial charge on any atom is -0.491 e. The van der Waals surface area contributed by atoms with Crippen molar-refractivity contribution < 1.29 is 9.53 Å². The average Bonchev–Trinajstić information content (AvgIpc) is 2.74. The Morgan fingerprint density at radius 1 is 1.47 bits per heavy atom. The van der Waals surface area contributed by atoms with E-state index >= 15 is 0 Å². The summed E-state index contributed by atoms with van der Waals surface area (Å²) in [4.78, 5) is 11.1. The van der Waals surface area contributed by atoms with Gasteiger partial charge in [0.15, 0.2) is 0 Å². The van der Waals surface area contributed by atoms with Crippen molar-refractivity contribution in [2.45, 2.75) is 25.4 Å². The summed E-state index contributed by atoms with van der Waals surface area (Å²) in [5.41, 5.74) is 1.14. The highest BCUT2D eigenvalue weighted by Gasteiger charge is 2.21. The predicted octanol–water partition coefficient (Wildman–Crippen LogP) is 1.06. The molecule has 4 nitrogen and oxygen atoms in total. The van der Waals surface area contributed by atoms with Crippen molar-refractivity contribution in [3.63, 3.8) is 0 Å². The van der Waals surface area contributed by atoms with Crippen molar-refractivity contribution >= 4 is 5.91 Å². The smallest absolute Gasteiger partial charge is 0.220 e. The normalized spacial score (nSPS) is 19.1. The number of carbonyl (C=O) groups excluding carboxylic acids is 1. The van der Waals surface area contributed by atoms with Gasteiger partial charge in [0, 0.05) is 18.5 Å². The maximum Gasteiger partial charge on any atom is 0.220 e. The van der Waals surface area contributed by atoms with Crippen molar-refractivity contribution in [2.75, 3.05) is 13.7 Å². The Bertz CT molecular complexity index is 393. The van der Waals surface area contributed by atoms with E-state index in [2.05, 4.69) is 10.6 Å². The van der Waals surface area contributed by atoms with Gasteiger partial charge in [0.05, 0.1) is 6.04 Å². The molecule has 1 fully saturated rings. The van der Waals surface area contributed by atoms with Gasteiger partial charge in [-0.3, -0.25) is 4.79 Å². The van der Waals surface area contributed by atoms with E-state index in [1.54, 1.807) is 0 Å². The third kappa shape index (κ3) is 3.20. The number of carbonyl (C=O) groups is 1. The van der Waals surface area contributed by atoms with Crippen LogP contribution in [0.3, 0.4) is 0 Å². The summed E-state index contributed by atoms with van der Waals surface area (Å²) >= 11 is 0. The van der Waals surface area contributed by atoms with Gasteiger partial charge in [-0.1, -0.05) is 18.2 Å². The van der Waals surface area contributed by atoms with Crippen molar-refractivity contribution in [3.8, 4) is 5.75 Å². The zero-order valence-corrected chi connectivity index (χ0v) is 10.0. The van der Waals surface area contributed by atoms with Crippen LogP contribution in [-0.4, -0.2) is 25.6 Å². The molecule has 0 radical (unpaired) electrons. The number of rotatable bonds is 5. The molecule has 1 aromatic rings. The first-order chi connectivity index (χ1) is 8.29. The molecule has 1 aliphatic rings. The lowest BCUT2D eigenvalue weighted by Gasteiger charge is -2.14. The summed E-state index contributed by atoms with van der Waals surface area (Å²) in [7, 11) is 1.91. The van der Waals surface area contributed by atoms with Gasteiger partial charge < -0.3 is 15.4 Å². The highest BCUT2D eigenvalue weighted by molar-refractivity contribution is 5.78. The van der Waals surface area contributed by atoms with Crippen LogP contribution >= 0.6 is 0 Å². The fourth-order valence-electron chi connectivity index (χ4n) is 1.97. The quantitative estimate of drug-likeness (QED) is 0.801. The van der Waals surface area contributed by atoms with E-state index in [4.69, 9.17) is 4.74 Å². The van der Waals surface area contributed by atoms with Gasteiger partial charge in [-0.05, 0) is 19.5 Å². The molecule has 0 bridgehead atoms. The van der Waals surface area contributed by atoms with Crippen LogP contribution in [0.4, 0.5) is 0 Å². The molecule has 1 aliphatic heterocycles. The first-order valence-electron chi connectivity index (χ1n) is 5.94. The topological polar surface area (TPSA) is 50.4 Å². The molecule has 2 N–H and O–H groups in total. The third-order valence-electron chi connectivity index (χ3n) is 2.86. The molecule has 2 rings (SSSR count). The molecule has 17 heavy (non-hydrogen) atoms. The van der Waals surface area contributed by atoms with Crippen LogP contribution < -0.4 is 15.4 Å². The van der Waals surface area contributed by atoms with Crippen LogP contribution in [0.5, 0.6) is 5.75 Å². The molecule has 1 atom stereocenters. The number of hydrogen-bond donors (Lipinski definition) is 2. The number of amides is 1. The van der Waals surface area contributed by atoms with Gasteiger partial charge in [0.25, 0.3) is 0 Å². The van der Waals surface area contributed by atoms with Crippen LogP contribution in [0.1, 0.15) is 18.4 Å². The predicted molar refractivity (Wildman–Crippen MR) is 65.9 cm³/mol. The van der Waals surface area contributed by atoms with Crippen molar-refractivity contribution in [1.82, 2.24) is 10.6 Å². The highest BCUT2D eigenvalue weighted by atomic mass is 16.5. The van der Waals surface area contributed by atoms with E-state index in [0.29, 0.717) is 13.0 Å². The fraction of sp³-hybridized carbons (Fsp3) is 0.462. The van der Waals surface area contributed by atoms with Gasteiger partial charge >= 0.3 is 0 Å². The minimum absolute atomic E-state index is 0.127. The Balaban J connectivity index is 1.91. The first kappa shape index (κ1) is 11.9. The molecule has 4 heteroatoms. The van der Waals surface area contributed by atoms with Gasteiger partial charge in [-0.2, -0.15) is 0 Å². The lowest BCUT2D eigenvalue weighted by molar-refractivity contribution is -0.119. The summed E-state index contributed by atoms with van der Waals surface area (Å²) in [6, 6.07) is 8.12. The molecule has 92 valence electrons. The van der Waals surface area contributed by atoms with E-state index in [1.165, 1.54) is 0 Å². The molecule has 1 heterocycles. The number of hydrogen-bond acceptors (Lipinski definition) is 3. The molecule has 1 amide bonds. The molecular weight excluding hydrogens is 216 g/mol. The second-order valence-corrected chi connectivity index (χ2v) is 4.25. The SMILES string of the molecule is CNCc1ccccc1OCC1CCC(=O)N1. The molecule has 1 unspecified atom stereocenters. The number of nitrogens with one attached hydrogen (secondary N) is 2. The average molecular weight is 234 g/mol. The zero-order valence-electron chi connectivity index (χ0n) is 10.0. The van der Waals surface area contributed by atoms with Gasteiger partial charge in [0.1, 0.15) is 12.4 Å². The summed E-state index contributed by atoms with van der Waals surface area (Å²) in [6.07, 6.45) is 1.49. The third-order valence-corrected chi connectivity index (χ3v) is 2.86. The molecule has 1 aromatic carbocycles. The molecule has 0 saturated carbocycles. The standard InChI is InChI=1S/C13H18N2O2/c1-14-8-10-4-2-3-5-12(10)17-9-11-6-7-13(16)15-11/h2-5,11,14H,6-9H2,1H3,(H,15,16). The van der Waals surface area contributed by atoms with E-state index < -0.39 is 0 Å². The molecule has 0 spiro atoms. The largest absolute Gasteiger partial charge is 0.491 e. The lowest BCUT2D eigenvalue weighted by Crippen LogP contribution is -2.31. The second kappa shape index (κ2) is 5.68. The van der Waals surface area contributed by atoms with Gasteiger partial charge in [-0.25, -0.2) is 0 Å². The van der Waals surface area contributed by atoms with Crippen LogP contribution in [-0.2, 0) is 11.3 Å². The van der Waals surface area contributed by atoms with E-state index in [1.807, 2.05) is 31.3 Å². The monoisotopic (exact) mass is 234 g/mol. The molecular formula is C13H18N2O2. The van der Waals surface area contributed by atoms with Crippen molar-refractivity contribution in [3.05, 3.63) is 29.8 Å². The van der Waals surface area contributed by atoms with Crippen LogP contribution in [0.2, 0.25) is 0 Å². The molecule has 0 aliphatic carbocycles. The van der Waals surface area contributed by atoms with E-state index in [0.717, 1.165) is 24.3 Å². The highest BCUT2D eigenvalue weighted by Crippen LogP contribution is 2.18. The van der Waals surface area contributed by atoms with E-state index in [9.17, 15) is 4.79 Å². The zero-order chi connectivity index (χ0) is 12.1. The second-order valence-electron chi connectivity index (χ2n) is 4.25. The Morgan fingerprint density at radius 2 is 2.29 bits per heavy atom. The maximum atomic E-state index is 11.1. The lowest BCUT2D eigenvalue weighted by atomic mass is 10.2. The summed E-state index contributed by atoms with van der Waals surface area (Å²) in [5.74, 6) is 1.02. The molecule has 0 aromatic heterocycles. The summed E-state index contributed by atoms with van der Waals surface area (Å²) in [6.45, 7) is 1.33. The van der Waals surface area contributed by atoms with E-state index in [-0.39, 0.29) is 11.9 Å². The van der Waals surface area contributed by atoms with Crippen molar-refractivity contribution in [2.24, 2.45) is 0 Å². The Labute approximate surface area is 101 Å². The molecule has 1 saturated heterocycles. The minimum atomic E-state index is 0.127. The van der Waals surface area contributed by atoms with Crippen molar-refractivity contribution in [1.29, 1.82) is 0 Å². The number of benzene rings is 1. The Hall–Kier alpha value is -1.55. The summed E-state index contributed by atoms with van der Waals surface area (Å²) in [5, 5.41) is 6.01.